The lowest BCUT2D eigenvalue weighted by Crippen LogP contribution is -2.46. The van der Waals surface area contributed by atoms with E-state index in [1.165, 1.54) is 30.2 Å². The summed E-state index contributed by atoms with van der Waals surface area (Å²) in [7, 11) is 0. The molecular weight excluding hydrogens is 602 g/mol. The largest absolute Gasteiger partial charge is 0.457 e. The van der Waals surface area contributed by atoms with E-state index in [1.807, 2.05) is 18.2 Å². The van der Waals surface area contributed by atoms with Crippen LogP contribution in [0.4, 0.5) is 19.3 Å². The zero-order chi connectivity index (χ0) is 32.5. The van der Waals surface area contributed by atoms with E-state index in [0.29, 0.717) is 49.1 Å². The van der Waals surface area contributed by atoms with Gasteiger partial charge in [-0.2, -0.15) is 0 Å². The number of aromatic amines is 1. The van der Waals surface area contributed by atoms with Crippen LogP contribution in [0.2, 0.25) is 0 Å². The number of nitrogens with one attached hydrogen (secondary N) is 2. The number of benzene rings is 2. The van der Waals surface area contributed by atoms with Crippen LogP contribution in [-0.4, -0.2) is 81.7 Å². The van der Waals surface area contributed by atoms with Crippen LogP contribution in [0.1, 0.15) is 72.4 Å². The third-order valence-corrected chi connectivity index (χ3v) is 9.80. The summed E-state index contributed by atoms with van der Waals surface area (Å²) in [6.45, 7) is 7.30. The van der Waals surface area contributed by atoms with Crippen molar-refractivity contribution >= 4 is 22.8 Å². The number of H-pyrrole nitrogens is 1. The molecule has 2 aromatic heterocycles. The third-order valence-electron chi connectivity index (χ3n) is 9.80. The lowest BCUT2D eigenvalue weighted by molar-refractivity contribution is 0.106. The highest BCUT2D eigenvalue weighted by atomic mass is 19.3. The minimum absolute atomic E-state index is 0.0605. The number of carbonyl (C=O) groups is 1. The number of piperazine rings is 1. The first-order chi connectivity index (χ1) is 22.9. The van der Waals surface area contributed by atoms with Crippen LogP contribution < -0.4 is 10.1 Å². The first kappa shape index (κ1) is 31.5. The molecule has 2 aliphatic heterocycles. The van der Waals surface area contributed by atoms with Crippen LogP contribution in [0.5, 0.6) is 11.5 Å². The number of ether oxygens (including phenoxy) is 1. The Labute approximate surface area is 273 Å². The van der Waals surface area contributed by atoms with Gasteiger partial charge in [-0.25, -0.2) is 18.6 Å². The Morgan fingerprint density at radius 3 is 2.64 bits per heavy atom. The zero-order valence-electron chi connectivity index (χ0n) is 26.7. The molecule has 0 bridgehead atoms. The number of urea groups is 1. The summed E-state index contributed by atoms with van der Waals surface area (Å²) in [5.74, 6) is 2.15. The number of amides is 2. The highest BCUT2D eigenvalue weighted by Crippen LogP contribution is 2.42. The quantitative estimate of drug-likeness (QED) is 0.175. The molecule has 248 valence electrons. The van der Waals surface area contributed by atoms with Crippen molar-refractivity contribution < 1.29 is 23.4 Å². The number of fused-ring (bicyclic) bond motifs is 2. The minimum Gasteiger partial charge on any atom is -0.457 e. The van der Waals surface area contributed by atoms with Crippen molar-refractivity contribution in [3.05, 3.63) is 82.7 Å². The van der Waals surface area contributed by atoms with E-state index in [1.54, 1.807) is 23.2 Å². The van der Waals surface area contributed by atoms with Gasteiger partial charge in [-0.3, -0.25) is 9.80 Å². The Morgan fingerprint density at radius 2 is 1.89 bits per heavy atom. The molecule has 2 fully saturated rings. The topological polar surface area (TPSA) is 97.0 Å². The van der Waals surface area contributed by atoms with Gasteiger partial charge in [-0.1, -0.05) is 19.1 Å². The van der Waals surface area contributed by atoms with Gasteiger partial charge in [0.15, 0.2) is 0 Å². The summed E-state index contributed by atoms with van der Waals surface area (Å²) >= 11 is 0. The number of halogens is 2. The van der Waals surface area contributed by atoms with Gasteiger partial charge in [0.25, 0.3) is 6.43 Å². The average molecular weight is 645 g/mol. The number of anilines is 1. The summed E-state index contributed by atoms with van der Waals surface area (Å²) < 4.78 is 34.8. The fourth-order valence-corrected chi connectivity index (χ4v) is 6.95. The second-order valence-corrected chi connectivity index (χ2v) is 13.0. The zero-order valence-corrected chi connectivity index (χ0v) is 26.7. The van der Waals surface area contributed by atoms with Crippen LogP contribution >= 0.6 is 0 Å². The van der Waals surface area contributed by atoms with E-state index in [0.717, 1.165) is 54.9 Å². The molecule has 47 heavy (non-hydrogen) atoms. The summed E-state index contributed by atoms with van der Waals surface area (Å²) in [4.78, 5) is 27.5. The molecule has 3 aliphatic rings. The molecule has 0 radical (unpaired) electrons. The van der Waals surface area contributed by atoms with Gasteiger partial charge in [-0.05, 0) is 78.3 Å². The first-order valence-electron chi connectivity index (χ1n) is 16.7. The normalized spacial score (nSPS) is 18.9. The summed E-state index contributed by atoms with van der Waals surface area (Å²) in [5, 5.41) is 13.0. The van der Waals surface area contributed by atoms with Crippen LogP contribution in [0.3, 0.4) is 0 Å². The molecule has 2 aromatic carbocycles. The third kappa shape index (κ3) is 6.97. The predicted molar refractivity (Wildman–Crippen MR) is 177 cm³/mol. The predicted octanol–water partition coefficient (Wildman–Crippen LogP) is 6.82. The average Bonchev–Trinajstić information content (AvgIpc) is 3.84. The summed E-state index contributed by atoms with van der Waals surface area (Å²) in [6.07, 6.45) is 2.33. The van der Waals surface area contributed by atoms with E-state index in [9.17, 15) is 18.7 Å². The van der Waals surface area contributed by atoms with E-state index < -0.39 is 6.43 Å². The number of β-amino-alcohol motifs (C(OH)–C–C–N with tert-alkyl or cyclic N) is 1. The van der Waals surface area contributed by atoms with E-state index in [-0.39, 0.29) is 24.1 Å². The fourth-order valence-electron chi connectivity index (χ4n) is 6.95. The van der Waals surface area contributed by atoms with Crippen LogP contribution in [-0.2, 0) is 13.1 Å². The van der Waals surface area contributed by atoms with Crippen molar-refractivity contribution in [3.8, 4) is 11.5 Å². The molecule has 3 N–H and O–H groups in total. The van der Waals surface area contributed by atoms with Crippen molar-refractivity contribution in [1.29, 1.82) is 0 Å². The number of alkyl halides is 2. The van der Waals surface area contributed by atoms with Gasteiger partial charge in [0, 0.05) is 81.4 Å². The molecule has 4 aromatic rings. The molecule has 7 rings (SSSR count). The second kappa shape index (κ2) is 13.6. The number of nitrogens with zero attached hydrogens (tertiary/aromatic N) is 4. The van der Waals surface area contributed by atoms with Crippen molar-refractivity contribution in [3.63, 3.8) is 0 Å². The lowest BCUT2D eigenvalue weighted by Gasteiger charge is -2.35. The van der Waals surface area contributed by atoms with Gasteiger partial charge in [0.1, 0.15) is 17.1 Å². The molecule has 1 saturated heterocycles. The molecule has 1 aliphatic carbocycles. The smallest absolute Gasteiger partial charge is 0.322 e. The molecule has 0 unspecified atom stereocenters. The van der Waals surface area contributed by atoms with Gasteiger partial charge in [0.2, 0.25) is 0 Å². The monoisotopic (exact) mass is 644 g/mol. The minimum atomic E-state index is -2.66. The van der Waals surface area contributed by atoms with Crippen molar-refractivity contribution in [2.45, 2.75) is 57.5 Å². The van der Waals surface area contributed by atoms with Crippen molar-refractivity contribution in [2.75, 3.05) is 51.2 Å². The van der Waals surface area contributed by atoms with E-state index >= 15 is 0 Å². The maximum Gasteiger partial charge on any atom is 0.322 e. The fraction of sp³-hybridized carbons (Fsp3) is 0.444. The molecule has 4 heterocycles. The number of carbonyl (C=O) groups excluding carboxylic acids is 1. The van der Waals surface area contributed by atoms with Crippen molar-refractivity contribution in [1.82, 2.24) is 24.7 Å². The highest BCUT2D eigenvalue weighted by molar-refractivity contribution is 5.90. The van der Waals surface area contributed by atoms with Gasteiger partial charge in [0.05, 0.1) is 12.0 Å². The molecule has 1 saturated carbocycles. The Morgan fingerprint density at radius 1 is 1.09 bits per heavy atom. The number of hydrogen-bond donors (Lipinski definition) is 3. The number of aromatic nitrogens is 2. The molecule has 9 nitrogen and oxygen atoms in total. The molecule has 2 amide bonds. The van der Waals surface area contributed by atoms with Gasteiger partial charge >= 0.3 is 6.03 Å². The molecule has 1 atom stereocenters. The van der Waals surface area contributed by atoms with E-state index in [4.69, 9.17) is 4.74 Å². The van der Waals surface area contributed by atoms with Crippen LogP contribution in [0, 0.1) is 0 Å². The standard InChI is InChI=1S/C36H42F2N6O3/c1-2-23-21-44(36(46)40-27-6-5-25(30(18-27)34(37)38)20-43-13-11-42(12-14-43)15-16-45)22-26-17-28(7-8-29(23)26)47-33-9-10-39-35-31(33)19-32(41-35)24-3-4-24/h5-10,17-19,23-24,34,45H,2-4,11-16,20-22H2,1H3,(H,39,41)(H,40,46)/t23-/m1/s1. The maximum atomic E-state index is 14.2. The first-order valence-corrected chi connectivity index (χ1v) is 16.7. The maximum absolute atomic E-state index is 14.2. The Kier molecular flexibility index (Phi) is 9.11. The summed E-state index contributed by atoms with van der Waals surface area (Å²) in [6, 6.07) is 14.6. The number of hydrogen-bond acceptors (Lipinski definition) is 6. The number of rotatable bonds is 10. The highest BCUT2D eigenvalue weighted by Gasteiger charge is 2.29. The Bertz CT molecular complexity index is 1730. The number of aliphatic hydroxyl groups excluding tert-OH is 1. The van der Waals surface area contributed by atoms with Crippen LogP contribution in [0.25, 0.3) is 11.0 Å². The Hall–Kier alpha value is -4.06. The van der Waals surface area contributed by atoms with Gasteiger partial charge < -0.3 is 25.0 Å². The SMILES string of the molecule is CC[C@@H]1CN(C(=O)Nc2ccc(CN3CCN(CCO)CC3)c(C(F)F)c2)Cc2cc(Oc3ccnc4[nH]c(C5CC5)cc34)ccc21. The Balaban J connectivity index is 1.04. The van der Waals surface area contributed by atoms with E-state index in [2.05, 4.69) is 44.1 Å². The van der Waals surface area contributed by atoms with Gasteiger partial charge in [-0.15, -0.1) is 0 Å². The number of aliphatic hydroxyl groups is 1. The number of pyridine rings is 1. The molecular formula is C36H42F2N6O3. The molecule has 11 heteroatoms. The molecule has 0 spiro atoms. The lowest BCUT2D eigenvalue weighted by atomic mass is 9.88. The van der Waals surface area contributed by atoms with Crippen LogP contribution in [0.15, 0.2) is 54.7 Å². The van der Waals surface area contributed by atoms with Crippen molar-refractivity contribution in [2.24, 2.45) is 0 Å². The second-order valence-electron chi connectivity index (χ2n) is 13.0. The summed E-state index contributed by atoms with van der Waals surface area (Å²) in [5.41, 5.74) is 5.08.